The molecule has 1 heterocycles. The maximum absolute atomic E-state index is 11.6. The Labute approximate surface area is 123 Å². The monoisotopic (exact) mass is 277 g/mol. The van der Waals surface area contributed by atoms with Crippen molar-refractivity contribution in [1.82, 2.24) is 4.98 Å². The number of ketones is 1. The van der Waals surface area contributed by atoms with E-state index in [0.717, 1.165) is 10.9 Å². The van der Waals surface area contributed by atoms with E-state index in [1.54, 1.807) is 30.5 Å². The van der Waals surface area contributed by atoms with E-state index in [0.29, 0.717) is 23.5 Å². The first-order valence-electron chi connectivity index (χ1n) is 6.92. The summed E-state index contributed by atoms with van der Waals surface area (Å²) in [5, 5.41) is 1.03. The molecule has 0 bridgehead atoms. The highest BCUT2D eigenvalue weighted by Gasteiger charge is 2.04. The molecule has 0 fully saturated rings. The van der Waals surface area contributed by atoms with Crippen molar-refractivity contribution in [1.29, 1.82) is 0 Å². The third kappa shape index (κ3) is 2.92. The van der Waals surface area contributed by atoms with E-state index in [9.17, 15) is 4.79 Å². The molecule has 0 aliphatic rings. The molecule has 21 heavy (non-hydrogen) atoms. The highest BCUT2D eigenvalue weighted by molar-refractivity contribution is 5.95. The van der Waals surface area contributed by atoms with Gasteiger partial charge >= 0.3 is 0 Å². The van der Waals surface area contributed by atoms with E-state index in [1.807, 2.05) is 37.3 Å². The van der Waals surface area contributed by atoms with E-state index in [-0.39, 0.29) is 5.78 Å². The Morgan fingerprint density at radius 1 is 1.05 bits per heavy atom. The first-order chi connectivity index (χ1) is 10.3. The molecule has 3 heteroatoms. The minimum absolute atomic E-state index is 0.133. The molecule has 2 aromatic carbocycles. The first-order valence-corrected chi connectivity index (χ1v) is 6.92. The Morgan fingerprint density at radius 3 is 2.57 bits per heavy atom. The number of benzene rings is 2. The molecule has 3 aromatic rings. The summed E-state index contributed by atoms with van der Waals surface area (Å²) in [6.07, 6.45) is 2.21. The van der Waals surface area contributed by atoms with Gasteiger partial charge in [-0.15, -0.1) is 0 Å². The summed E-state index contributed by atoms with van der Waals surface area (Å²) in [5.41, 5.74) is 1.65. The van der Waals surface area contributed by atoms with Gasteiger partial charge in [0.05, 0.1) is 11.7 Å². The second kappa shape index (κ2) is 5.75. The van der Waals surface area contributed by atoms with Crippen molar-refractivity contribution in [3.8, 4) is 11.5 Å². The van der Waals surface area contributed by atoms with Crippen LogP contribution in [0, 0.1) is 0 Å². The van der Waals surface area contributed by atoms with Crippen molar-refractivity contribution in [2.24, 2.45) is 0 Å². The molecule has 0 aliphatic heterocycles. The number of ether oxygens (including phenoxy) is 1. The lowest BCUT2D eigenvalue weighted by Gasteiger charge is -2.07. The molecular weight excluding hydrogens is 262 g/mol. The number of rotatable bonds is 4. The molecule has 0 amide bonds. The predicted octanol–water partition coefficient (Wildman–Crippen LogP) is 4.62. The van der Waals surface area contributed by atoms with Gasteiger partial charge < -0.3 is 4.74 Å². The minimum Gasteiger partial charge on any atom is -0.456 e. The van der Waals surface area contributed by atoms with Crippen LogP contribution >= 0.6 is 0 Å². The molecular formula is C18H15NO2. The van der Waals surface area contributed by atoms with E-state index < -0.39 is 0 Å². The van der Waals surface area contributed by atoms with Gasteiger partial charge in [0.15, 0.2) is 5.78 Å². The van der Waals surface area contributed by atoms with E-state index in [2.05, 4.69) is 4.98 Å². The number of Topliss-reactive ketones (excluding diaryl/α,β-unsaturated/α-hetero) is 1. The summed E-state index contributed by atoms with van der Waals surface area (Å²) in [5.74, 6) is 1.51. The van der Waals surface area contributed by atoms with Crippen molar-refractivity contribution in [3.63, 3.8) is 0 Å². The fraction of sp³-hybridized carbons (Fsp3) is 0.111. The summed E-state index contributed by atoms with van der Waals surface area (Å²) in [7, 11) is 0. The molecule has 0 radical (unpaired) electrons. The van der Waals surface area contributed by atoms with Gasteiger partial charge in [0.1, 0.15) is 11.5 Å². The Kier molecular flexibility index (Phi) is 3.65. The predicted molar refractivity (Wildman–Crippen MR) is 82.9 cm³/mol. The zero-order valence-electron chi connectivity index (χ0n) is 11.7. The Balaban J connectivity index is 1.83. The molecule has 0 saturated heterocycles. The van der Waals surface area contributed by atoms with Gasteiger partial charge in [-0.25, -0.2) is 0 Å². The zero-order valence-corrected chi connectivity index (χ0v) is 11.7. The molecule has 0 saturated carbocycles. The quantitative estimate of drug-likeness (QED) is 0.653. The standard InChI is InChI=1S/C18H15NO2/c1-2-18(20)13-7-9-15(10-8-13)21-16-11-14-5-3-4-6-17(14)19-12-16/h3-12H,2H2,1H3. The van der Waals surface area contributed by atoms with Crippen molar-refractivity contribution < 1.29 is 9.53 Å². The van der Waals surface area contributed by atoms with Crippen LogP contribution in [-0.4, -0.2) is 10.8 Å². The van der Waals surface area contributed by atoms with Crippen LogP contribution < -0.4 is 4.74 Å². The second-order valence-electron chi connectivity index (χ2n) is 4.77. The SMILES string of the molecule is CCC(=O)c1ccc(Oc2cnc3ccccc3c2)cc1. The van der Waals surface area contributed by atoms with Crippen molar-refractivity contribution in [2.75, 3.05) is 0 Å². The van der Waals surface area contributed by atoms with Gasteiger partial charge in [-0.05, 0) is 36.4 Å². The van der Waals surface area contributed by atoms with Crippen LogP contribution in [0.2, 0.25) is 0 Å². The lowest BCUT2D eigenvalue weighted by atomic mass is 10.1. The Bertz CT molecular complexity index is 779. The number of fused-ring (bicyclic) bond motifs is 1. The molecule has 0 spiro atoms. The van der Waals surface area contributed by atoms with Gasteiger partial charge in [0.25, 0.3) is 0 Å². The van der Waals surface area contributed by atoms with Crippen LogP contribution in [0.5, 0.6) is 11.5 Å². The number of hydrogen-bond acceptors (Lipinski definition) is 3. The number of aromatic nitrogens is 1. The van der Waals surface area contributed by atoms with Crippen LogP contribution in [0.25, 0.3) is 10.9 Å². The summed E-state index contributed by atoms with van der Waals surface area (Å²) in [6.45, 7) is 1.85. The molecule has 0 aliphatic carbocycles. The van der Waals surface area contributed by atoms with Gasteiger partial charge in [-0.2, -0.15) is 0 Å². The van der Waals surface area contributed by atoms with Crippen molar-refractivity contribution >= 4 is 16.7 Å². The van der Waals surface area contributed by atoms with E-state index in [1.165, 1.54) is 0 Å². The summed E-state index contributed by atoms with van der Waals surface area (Å²) >= 11 is 0. The minimum atomic E-state index is 0.133. The number of pyridine rings is 1. The van der Waals surface area contributed by atoms with Crippen molar-refractivity contribution in [2.45, 2.75) is 13.3 Å². The third-order valence-corrected chi connectivity index (χ3v) is 3.30. The average molecular weight is 277 g/mol. The normalized spacial score (nSPS) is 10.5. The Morgan fingerprint density at radius 2 is 1.81 bits per heavy atom. The molecule has 1 aromatic heterocycles. The lowest BCUT2D eigenvalue weighted by Crippen LogP contribution is -1.95. The molecule has 3 nitrogen and oxygen atoms in total. The zero-order chi connectivity index (χ0) is 14.7. The van der Waals surface area contributed by atoms with Crippen molar-refractivity contribution in [3.05, 3.63) is 66.4 Å². The number of para-hydroxylation sites is 1. The highest BCUT2D eigenvalue weighted by atomic mass is 16.5. The number of nitrogens with zero attached hydrogens (tertiary/aromatic N) is 1. The molecule has 3 rings (SSSR count). The topological polar surface area (TPSA) is 39.2 Å². The van der Waals surface area contributed by atoms with Gasteiger partial charge in [-0.1, -0.05) is 25.1 Å². The first kappa shape index (κ1) is 13.3. The lowest BCUT2D eigenvalue weighted by molar-refractivity contribution is 0.0988. The van der Waals surface area contributed by atoms with E-state index >= 15 is 0 Å². The van der Waals surface area contributed by atoms with Gasteiger partial charge in [0, 0.05) is 17.4 Å². The number of hydrogen-bond donors (Lipinski definition) is 0. The smallest absolute Gasteiger partial charge is 0.162 e. The van der Waals surface area contributed by atoms with Crippen LogP contribution in [0.1, 0.15) is 23.7 Å². The van der Waals surface area contributed by atoms with E-state index in [4.69, 9.17) is 4.74 Å². The summed E-state index contributed by atoms with van der Waals surface area (Å²) in [6, 6.07) is 17.0. The fourth-order valence-corrected chi connectivity index (χ4v) is 2.16. The van der Waals surface area contributed by atoms with Gasteiger partial charge in [-0.3, -0.25) is 9.78 Å². The fourth-order valence-electron chi connectivity index (χ4n) is 2.16. The highest BCUT2D eigenvalue weighted by Crippen LogP contribution is 2.24. The molecule has 0 atom stereocenters. The maximum Gasteiger partial charge on any atom is 0.162 e. The van der Waals surface area contributed by atoms with Crippen LogP contribution in [0.3, 0.4) is 0 Å². The maximum atomic E-state index is 11.6. The molecule has 104 valence electrons. The number of carbonyl (C=O) groups is 1. The Hall–Kier alpha value is -2.68. The molecule has 0 unspecified atom stereocenters. The number of carbonyl (C=O) groups excluding carboxylic acids is 1. The van der Waals surface area contributed by atoms with Crippen LogP contribution in [0.15, 0.2) is 60.8 Å². The van der Waals surface area contributed by atoms with Gasteiger partial charge in [0.2, 0.25) is 0 Å². The average Bonchev–Trinajstić information content (AvgIpc) is 2.55. The second-order valence-corrected chi connectivity index (χ2v) is 4.77. The summed E-state index contributed by atoms with van der Waals surface area (Å²) in [4.78, 5) is 15.9. The van der Waals surface area contributed by atoms with Crippen LogP contribution in [0.4, 0.5) is 0 Å². The van der Waals surface area contributed by atoms with Crippen LogP contribution in [-0.2, 0) is 0 Å². The molecule has 0 N–H and O–H groups in total. The summed E-state index contributed by atoms with van der Waals surface area (Å²) < 4.78 is 5.78. The third-order valence-electron chi connectivity index (χ3n) is 3.30. The largest absolute Gasteiger partial charge is 0.456 e.